The van der Waals surface area contributed by atoms with E-state index in [9.17, 15) is 9.90 Å². The largest absolute Gasteiger partial charge is 0.497 e. The molecule has 106 valence electrons. The van der Waals surface area contributed by atoms with Gasteiger partial charge in [-0.15, -0.1) is 0 Å². The van der Waals surface area contributed by atoms with Crippen LogP contribution in [0.25, 0.3) is 16.7 Å². The van der Waals surface area contributed by atoms with Gasteiger partial charge in [0.25, 0.3) is 0 Å². The summed E-state index contributed by atoms with van der Waals surface area (Å²) in [5.41, 5.74) is 0.646. The van der Waals surface area contributed by atoms with Crippen molar-refractivity contribution >= 4 is 39.5 Å². The van der Waals surface area contributed by atoms with Crippen LogP contribution in [0.2, 0.25) is 0 Å². The standard InChI is InChI=1S/C14H10IN3O3/c1-21-9-2-3-11-10(7-9)13(14(19)20)17-18(11)12-6-8(15)4-5-16-12/h2-7H,1H3,(H,19,20). The fourth-order valence-electron chi connectivity index (χ4n) is 2.07. The van der Waals surface area contributed by atoms with Crippen molar-refractivity contribution in [2.45, 2.75) is 0 Å². The number of carboxylic acids is 1. The minimum absolute atomic E-state index is 0.0236. The lowest BCUT2D eigenvalue weighted by atomic mass is 10.2. The Morgan fingerprint density at radius 1 is 1.33 bits per heavy atom. The molecular weight excluding hydrogens is 385 g/mol. The summed E-state index contributed by atoms with van der Waals surface area (Å²) in [6, 6.07) is 8.89. The van der Waals surface area contributed by atoms with Crippen molar-refractivity contribution in [2.75, 3.05) is 7.11 Å². The van der Waals surface area contributed by atoms with Gasteiger partial charge in [-0.05, 0) is 52.9 Å². The molecular formula is C14H10IN3O3. The van der Waals surface area contributed by atoms with Crippen molar-refractivity contribution in [1.82, 2.24) is 14.8 Å². The first-order valence-electron chi connectivity index (χ1n) is 6.02. The summed E-state index contributed by atoms with van der Waals surface area (Å²) in [6.45, 7) is 0. The van der Waals surface area contributed by atoms with Gasteiger partial charge in [-0.25, -0.2) is 14.5 Å². The molecule has 0 spiro atoms. The molecule has 0 saturated heterocycles. The highest BCUT2D eigenvalue weighted by atomic mass is 127. The van der Waals surface area contributed by atoms with Crippen LogP contribution in [-0.2, 0) is 0 Å². The van der Waals surface area contributed by atoms with E-state index in [1.807, 2.05) is 12.1 Å². The van der Waals surface area contributed by atoms with E-state index in [2.05, 4.69) is 32.7 Å². The van der Waals surface area contributed by atoms with Gasteiger partial charge in [-0.2, -0.15) is 5.10 Å². The molecule has 1 N–H and O–H groups in total. The molecule has 0 atom stereocenters. The molecule has 3 aromatic rings. The number of methoxy groups -OCH3 is 1. The number of hydrogen-bond acceptors (Lipinski definition) is 4. The average molecular weight is 395 g/mol. The van der Waals surface area contributed by atoms with Crippen molar-refractivity contribution in [3.8, 4) is 11.6 Å². The number of aromatic nitrogens is 3. The van der Waals surface area contributed by atoms with E-state index in [1.165, 1.54) is 11.8 Å². The van der Waals surface area contributed by atoms with Gasteiger partial charge >= 0.3 is 5.97 Å². The molecule has 0 aliphatic heterocycles. The third-order valence-electron chi connectivity index (χ3n) is 3.01. The van der Waals surface area contributed by atoms with Crippen LogP contribution >= 0.6 is 22.6 Å². The molecule has 3 rings (SSSR count). The topological polar surface area (TPSA) is 77.2 Å². The number of pyridine rings is 1. The third kappa shape index (κ3) is 2.44. The first kappa shape index (κ1) is 13.8. The molecule has 0 aliphatic carbocycles. The molecule has 0 fully saturated rings. The number of benzene rings is 1. The zero-order chi connectivity index (χ0) is 15.0. The van der Waals surface area contributed by atoms with Crippen molar-refractivity contribution < 1.29 is 14.6 Å². The van der Waals surface area contributed by atoms with Crippen molar-refractivity contribution in [3.05, 3.63) is 45.8 Å². The van der Waals surface area contributed by atoms with E-state index >= 15 is 0 Å². The van der Waals surface area contributed by atoms with Crippen LogP contribution in [0, 0.1) is 3.57 Å². The average Bonchev–Trinajstić information content (AvgIpc) is 2.86. The molecule has 0 aliphatic rings. The lowest BCUT2D eigenvalue weighted by molar-refractivity contribution is 0.0692. The highest BCUT2D eigenvalue weighted by Gasteiger charge is 2.18. The quantitative estimate of drug-likeness (QED) is 0.691. The Bertz CT molecular complexity index is 845. The van der Waals surface area contributed by atoms with E-state index in [0.717, 1.165) is 3.57 Å². The number of aromatic carboxylic acids is 1. The Labute approximate surface area is 133 Å². The molecule has 0 saturated carbocycles. The lowest BCUT2D eigenvalue weighted by Crippen LogP contribution is -2.03. The molecule has 2 heterocycles. The van der Waals surface area contributed by atoms with Gasteiger partial charge in [0.05, 0.1) is 12.6 Å². The Balaban J connectivity index is 2.31. The molecule has 6 nitrogen and oxygen atoms in total. The second-order valence-electron chi connectivity index (χ2n) is 4.28. The first-order chi connectivity index (χ1) is 10.1. The monoisotopic (exact) mass is 395 g/mol. The van der Waals surface area contributed by atoms with E-state index in [1.54, 1.807) is 24.4 Å². The Kier molecular flexibility index (Phi) is 3.50. The maximum Gasteiger partial charge on any atom is 0.357 e. The summed E-state index contributed by atoms with van der Waals surface area (Å²) in [4.78, 5) is 15.6. The SMILES string of the molecule is COc1ccc2c(c1)c(C(=O)O)nn2-c1cc(I)ccn1. The fraction of sp³-hybridized carbons (Fsp3) is 0.0714. The maximum atomic E-state index is 11.4. The van der Waals surface area contributed by atoms with Crippen LogP contribution in [0.5, 0.6) is 5.75 Å². The second kappa shape index (κ2) is 5.32. The molecule has 0 bridgehead atoms. The second-order valence-corrected chi connectivity index (χ2v) is 5.53. The van der Waals surface area contributed by atoms with Gasteiger partial charge in [0.1, 0.15) is 5.75 Å². The maximum absolute atomic E-state index is 11.4. The van der Waals surface area contributed by atoms with Crippen LogP contribution in [0.15, 0.2) is 36.5 Å². The fourth-order valence-corrected chi connectivity index (χ4v) is 2.51. The zero-order valence-corrected chi connectivity index (χ0v) is 13.1. The Morgan fingerprint density at radius 2 is 2.14 bits per heavy atom. The van der Waals surface area contributed by atoms with Gasteiger partial charge < -0.3 is 9.84 Å². The van der Waals surface area contributed by atoms with E-state index in [-0.39, 0.29) is 5.69 Å². The number of fused-ring (bicyclic) bond motifs is 1. The number of carboxylic acid groups (broad SMARTS) is 1. The van der Waals surface area contributed by atoms with Gasteiger partial charge in [-0.1, -0.05) is 0 Å². The predicted octanol–water partition coefficient (Wildman–Crippen LogP) is 2.73. The minimum Gasteiger partial charge on any atom is -0.497 e. The molecule has 0 amide bonds. The summed E-state index contributed by atoms with van der Waals surface area (Å²) in [7, 11) is 1.53. The van der Waals surface area contributed by atoms with Crippen LogP contribution in [0.3, 0.4) is 0 Å². The number of rotatable bonds is 3. The molecule has 7 heteroatoms. The summed E-state index contributed by atoms with van der Waals surface area (Å²) in [6.07, 6.45) is 1.66. The van der Waals surface area contributed by atoms with E-state index in [0.29, 0.717) is 22.5 Å². The van der Waals surface area contributed by atoms with Crippen molar-refractivity contribution in [1.29, 1.82) is 0 Å². The first-order valence-corrected chi connectivity index (χ1v) is 7.10. The van der Waals surface area contributed by atoms with Gasteiger partial charge in [0.15, 0.2) is 11.5 Å². The minimum atomic E-state index is -1.09. The van der Waals surface area contributed by atoms with Crippen LogP contribution in [0.1, 0.15) is 10.5 Å². The molecule has 0 radical (unpaired) electrons. The Hall–Kier alpha value is -2.16. The molecule has 0 unspecified atom stereocenters. The smallest absolute Gasteiger partial charge is 0.357 e. The highest BCUT2D eigenvalue weighted by Crippen LogP contribution is 2.26. The van der Waals surface area contributed by atoms with E-state index in [4.69, 9.17) is 4.74 Å². The van der Waals surface area contributed by atoms with Gasteiger partial charge in [0.2, 0.25) is 0 Å². The van der Waals surface area contributed by atoms with Gasteiger partial charge in [-0.3, -0.25) is 0 Å². The highest BCUT2D eigenvalue weighted by molar-refractivity contribution is 14.1. The van der Waals surface area contributed by atoms with Crippen LogP contribution in [-0.4, -0.2) is 33.0 Å². The summed E-state index contributed by atoms with van der Waals surface area (Å²) in [5.74, 6) is 0.0716. The number of halogens is 1. The predicted molar refractivity (Wildman–Crippen MR) is 85.1 cm³/mol. The molecule has 2 aromatic heterocycles. The normalized spacial score (nSPS) is 10.8. The summed E-state index contributed by atoms with van der Waals surface area (Å²) >= 11 is 2.17. The van der Waals surface area contributed by atoms with Crippen LogP contribution in [0.4, 0.5) is 0 Å². The summed E-state index contributed by atoms with van der Waals surface area (Å²) in [5, 5.41) is 14.0. The number of nitrogens with zero attached hydrogens (tertiary/aromatic N) is 3. The van der Waals surface area contributed by atoms with Gasteiger partial charge in [0, 0.05) is 15.2 Å². The third-order valence-corrected chi connectivity index (χ3v) is 3.69. The molecule has 1 aromatic carbocycles. The molecule has 21 heavy (non-hydrogen) atoms. The van der Waals surface area contributed by atoms with Crippen molar-refractivity contribution in [3.63, 3.8) is 0 Å². The number of ether oxygens (including phenoxy) is 1. The summed E-state index contributed by atoms with van der Waals surface area (Å²) < 4.78 is 7.66. The van der Waals surface area contributed by atoms with Crippen molar-refractivity contribution in [2.24, 2.45) is 0 Å². The number of carbonyl (C=O) groups is 1. The Morgan fingerprint density at radius 3 is 2.81 bits per heavy atom. The van der Waals surface area contributed by atoms with Crippen LogP contribution < -0.4 is 4.74 Å². The van der Waals surface area contributed by atoms with E-state index < -0.39 is 5.97 Å². The number of hydrogen-bond donors (Lipinski definition) is 1. The zero-order valence-electron chi connectivity index (χ0n) is 10.9. The lowest BCUT2D eigenvalue weighted by Gasteiger charge is -2.03.